The van der Waals surface area contributed by atoms with E-state index in [1.165, 1.54) is 0 Å². The van der Waals surface area contributed by atoms with Crippen molar-refractivity contribution in [3.63, 3.8) is 0 Å². The zero-order valence-corrected chi connectivity index (χ0v) is 9.81. The molecule has 78 valence electrons. The molecule has 1 rings (SSSR count). The van der Waals surface area contributed by atoms with Crippen LogP contribution in [0.1, 0.15) is 12.0 Å². The number of aliphatic hydroxyl groups excluding tert-OH is 1. The Balaban J connectivity index is 2.39. The maximum atomic E-state index is 9.66. The third-order valence-electron chi connectivity index (χ3n) is 2.04. The highest BCUT2D eigenvalue weighted by molar-refractivity contribution is 7.98. The van der Waals surface area contributed by atoms with Gasteiger partial charge in [0.15, 0.2) is 0 Å². The zero-order chi connectivity index (χ0) is 10.4. The predicted molar refractivity (Wildman–Crippen MR) is 64.2 cm³/mol. The highest BCUT2D eigenvalue weighted by Crippen LogP contribution is 2.12. The highest BCUT2D eigenvalue weighted by atomic mass is 35.5. The smallest absolute Gasteiger partial charge is 0.0588 e. The van der Waals surface area contributed by atoms with Crippen LogP contribution in [0.4, 0.5) is 0 Å². The van der Waals surface area contributed by atoms with Crippen molar-refractivity contribution in [3.05, 3.63) is 34.9 Å². The fourth-order valence-electron chi connectivity index (χ4n) is 1.25. The predicted octanol–water partition coefficient (Wildman–Crippen LogP) is 3.00. The van der Waals surface area contributed by atoms with Crippen molar-refractivity contribution in [3.8, 4) is 0 Å². The topological polar surface area (TPSA) is 20.2 Å². The molecule has 0 fully saturated rings. The van der Waals surface area contributed by atoms with E-state index < -0.39 is 0 Å². The van der Waals surface area contributed by atoms with Crippen molar-refractivity contribution in [2.45, 2.75) is 18.9 Å². The van der Waals surface area contributed by atoms with E-state index in [4.69, 9.17) is 11.6 Å². The van der Waals surface area contributed by atoms with Gasteiger partial charge in [-0.25, -0.2) is 0 Å². The summed E-state index contributed by atoms with van der Waals surface area (Å²) in [4.78, 5) is 0. The van der Waals surface area contributed by atoms with Gasteiger partial charge in [0.1, 0.15) is 0 Å². The van der Waals surface area contributed by atoms with Crippen LogP contribution in [0, 0.1) is 0 Å². The van der Waals surface area contributed by atoms with Gasteiger partial charge in [-0.2, -0.15) is 11.8 Å². The van der Waals surface area contributed by atoms with Crippen LogP contribution in [0.25, 0.3) is 0 Å². The first kappa shape index (κ1) is 11.9. The van der Waals surface area contributed by atoms with E-state index in [9.17, 15) is 5.11 Å². The fraction of sp³-hybridized carbons (Fsp3) is 0.455. The van der Waals surface area contributed by atoms with Crippen molar-refractivity contribution in [2.75, 3.05) is 12.0 Å². The lowest BCUT2D eigenvalue weighted by Gasteiger charge is -2.09. The number of hydrogen-bond donors (Lipinski definition) is 1. The molecule has 0 radical (unpaired) electrons. The number of rotatable bonds is 5. The molecule has 0 aliphatic rings. The van der Waals surface area contributed by atoms with Gasteiger partial charge >= 0.3 is 0 Å². The molecule has 1 atom stereocenters. The molecule has 0 aliphatic heterocycles. The summed E-state index contributed by atoms with van der Waals surface area (Å²) in [6.07, 6.45) is 3.39. The van der Waals surface area contributed by atoms with E-state index in [1.54, 1.807) is 11.8 Å². The zero-order valence-electron chi connectivity index (χ0n) is 8.24. The van der Waals surface area contributed by atoms with Crippen LogP contribution in [0.3, 0.4) is 0 Å². The molecule has 0 saturated heterocycles. The Morgan fingerprint density at radius 2 is 2.00 bits per heavy atom. The number of halogens is 1. The number of thioether (sulfide) groups is 1. The van der Waals surface area contributed by atoms with Crippen LogP contribution in [0.5, 0.6) is 0 Å². The van der Waals surface area contributed by atoms with Gasteiger partial charge in [0, 0.05) is 5.02 Å². The Labute approximate surface area is 94.5 Å². The lowest BCUT2D eigenvalue weighted by molar-refractivity contribution is 0.172. The summed E-state index contributed by atoms with van der Waals surface area (Å²) < 4.78 is 0. The maximum Gasteiger partial charge on any atom is 0.0588 e. The Morgan fingerprint density at radius 1 is 1.36 bits per heavy atom. The van der Waals surface area contributed by atoms with Gasteiger partial charge in [0.25, 0.3) is 0 Å². The van der Waals surface area contributed by atoms with E-state index in [2.05, 4.69) is 6.26 Å². The van der Waals surface area contributed by atoms with Crippen LogP contribution in [-0.2, 0) is 6.42 Å². The summed E-state index contributed by atoms with van der Waals surface area (Å²) in [5.41, 5.74) is 1.14. The second kappa shape index (κ2) is 6.33. The number of benzene rings is 1. The van der Waals surface area contributed by atoms with Gasteiger partial charge in [0.2, 0.25) is 0 Å². The summed E-state index contributed by atoms with van der Waals surface area (Å²) in [6.45, 7) is 0. The van der Waals surface area contributed by atoms with Crippen molar-refractivity contribution in [1.29, 1.82) is 0 Å². The van der Waals surface area contributed by atoms with Gasteiger partial charge in [-0.3, -0.25) is 0 Å². The second-order valence-corrected chi connectivity index (χ2v) is 4.69. The van der Waals surface area contributed by atoms with E-state index in [1.807, 2.05) is 24.3 Å². The van der Waals surface area contributed by atoms with Crippen molar-refractivity contribution >= 4 is 23.4 Å². The van der Waals surface area contributed by atoms with Crippen LogP contribution < -0.4 is 0 Å². The SMILES string of the molecule is CSCCC(O)Cc1ccc(Cl)cc1. The lowest BCUT2D eigenvalue weighted by atomic mass is 10.1. The lowest BCUT2D eigenvalue weighted by Crippen LogP contribution is -2.11. The average Bonchev–Trinajstić information content (AvgIpc) is 2.18. The van der Waals surface area contributed by atoms with Crippen molar-refractivity contribution in [2.24, 2.45) is 0 Å². The van der Waals surface area contributed by atoms with Crippen LogP contribution in [0.2, 0.25) is 5.02 Å². The van der Waals surface area contributed by atoms with E-state index in [0.717, 1.165) is 29.2 Å². The second-order valence-electron chi connectivity index (χ2n) is 3.27. The first-order valence-corrected chi connectivity index (χ1v) is 6.41. The minimum atomic E-state index is -0.233. The molecule has 0 bridgehead atoms. The Hall–Kier alpha value is -0.180. The molecule has 0 aliphatic carbocycles. The normalized spacial score (nSPS) is 12.8. The molecule has 1 aromatic rings. The van der Waals surface area contributed by atoms with E-state index >= 15 is 0 Å². The summed E-state index contributed by atoms with van der Waals surface area (Å²) in [5.74, 6) is 1.01. The average molecular weight is 231 g/mol. The quantitative estimate of drug-likeness (QED) is 0.839. The third kappa shape index (κ3) is 4.36. The standard InChI is InChI=1S/C11H15ClOS/c1-14-7-6-11(13)8-9-2-4-10(12)5-3-9/h2-5,11,13H,6-8H2,1H3. The summed E-state index contributed by atoms with van der Waals surface area (Å²) in [5, 5.41) is 10.4. The van der Waals surface area contributed by atoms with Gasteiger partial charge in [0.05, 0.1) is 6.10 Å². The van der Waals surface area contributed by atoms with Gasteiger partial charge < -0.3 is 5.11 Å². The third-order valence-corrected chi connectivity index (χ3v) is 2.94. The Kier molecular flexibility index (Phi) is 5.38. The minimum Gasteiger partial charge on any atom is -0.393 e. The van der Waals surface area contributed by atoms with Crippen molar-refractivity contribution < 1.29 is 5.11 Å². The van der Waals surface area contributed by atoms with Crippen LogP contribution in [0.15, 0.2) is 24.3 Å². The Morgan fingerprint density at radius 3 is 2.57 bits per heavy atom. The first-order valence-electron chi connectivity index (χ1n) is 4.64. The molecule has 0 spiro atoms. The van der Waals surface area contributed by atoms with Crippen LogP contribution >= 0.6 is 23.4 Å². The Bertz CT molecular complexity index is 260. The van der Waals surface area contributed by atoms with Crippen LogP contribution in [-0.4, -0.2) is 23.2 Å². The van der Waals surface area contributed by atoms with Crippen molar-refractivity contribution in [1.82, 2.24) is 0 Å². The van der Waals surface area contributed by atoms with Gasteiger partial charge in [-0.1, -0.05) is 23.7 Å². The highest BCUT2D eigenvalue weighted by Gasteiger charge is 2.04. The largest absolute Gasteiger partial charge is 0.393 e. The fourth-order valence-corrected chi connectivity index (χ4v) is 1.88. The molecule has 1 N–H and O–H groups in total. The summed E-state index contributed by atoms with van der Waals surface area (Å²) in [7, 11) is 0. The molecular weight excluding hydrogens is 216 g/mol. The molecule has 14 heavy (non-hydrogen) atoms. The molecule has 0 saturated carbocycles. The summed E-state index contributed by atoms with van der Waals surface area (Å²) >= 11 is 7.53. The molecule has 0 aromatic heterocycles. The van der Waals surface area contributed by atoms with Gasteiger partial charge in [-0.05, 0) is 42.5 Å². The molecular formula is C11H15ClOS. The maximum absolute atomic E-state index is 9.66. The van der Waals surface area contributed by atoms with E-state index in [0.29, 0.717) is 0 Å². The minimum absolute atomic E-state index is 0.233. The van der Waals surface area contributed by atoms with E-state index in [-0.39, 0.29) is 6.10 Å². The monoisotopic (exact) mass is 230 g/mol. The summed E-state index contributed by atoms with van der Waals surface area (Å²) in [6, 6.07) is 7.64. The molecule has 1 aromatic carbocycles. The number of hydrogen-bond acceptors (Lipinski definition) is 2. The molecule has 0 heterocycles. The first-order chi connectivity index (χ1) is 6.72. The number of aliphatic hydroxyl groups is 1. The molecule has 0 amide bonds. The van der Waals surface area contributed by atoms with Gasteiger partial charge in [-0.15, -0.1) is 0 Å². The molecule has 1 nitrogen and oxygen atoms in total. The molecule has 3 heteroatoms. The molecule has 1 unspecified atom stereocenters.